The van der Waals surface area contributed by atoms with Gasteiger partial charge >= 0.3 is 0 Å². The minimum absolute atomic E-state index is 0.875. The van der Waals surface area contributed by atoms with Gasteiger partial charge in [0.05, 0.1) is 9.72 Å². The molecule has 0 saturated carbocycles. The molecule has 0 fully saturated rings. The van der Waals surface area contributed by atoms with Crippen LogP contribution in [0.25, 0.3) is 10.1 Å². The molecule has 2 aromatic rings. The summed E-state index contributed by atoms with van der Waals surface area (Å²) in [7, 11) is 0. The van der Waals surface area contributed by atoms with Crippen LogP contribution in [0.3, 0.4) is 0 Å². The van der Waals surface area contributed by atoms with E-state index >= 15 is 0 Å². The van der Waals surface area contributed by atoms with Gasteiger partial charge in [0.1, 0.15) is 0 Å². The Balaban J connectivity index is 2.85. The largest absolute Gasteiger partial charge is 0.143 e. The van der Waals surface area contributed by atoms with Gasteiger partial charge in [0.25, 0.3) is 0 Å². The summed E-state index contributed by atoms with van der Waals surface area (Å²) in [4.78, 5) is 0.999. The van der Waals surface area contributed by atoms with Crippen LogP contribution in [0.5, 0.6) is 0 Å². The molecule has 0 saturated heterocycles. The lowest BCUT2D eigenvalue weighted by Gasteiger charge is -2.05. The summed E-state index contributed by atoms with van der Waals surface area (Å²) in [5, 5.41) is 4.13. The summed E-state index contributed by atoms with van der Waals surface area (Å²) >= 11 is 12.4. The standard InChI is InChI=1S/C10H9ClS2/c1-2-7-8(12)5-6-3-4-13-10(6)9(7)11/h3-5,12H,2H2,1H3. The Bertz CT molecular complexity index is 445. The summed E-state index contributed by atoms with van der Waals surface area (Å²) in [5.41, 5.74) is 1.15. The number of halogens is 1. The van der Waals surface area contributed by atoms with Gasteiger partial charge in [-0.2, -0.15) is 0 Å². The van der Waals surface area contributed by atoms with Crippen molar-refractivity contribution in [2.75, 3.05) is 0 Å². The third kappa shape index (κ3) is 1.47. The van der Waals surface area contributed by atoms with Crippen LogP contribution >= 0.6 is 35.6 Å². The van der Waals surface area contributed by atoms with E-state index in [4.69, 9.17) is 11.6 Å². The van der Waals surface area contributed by atoms with Crippen LogP contribution in [-0.4, -0.2) is 0 Å². The lowest BCUT2D eigenvalue weighted by Crippen LogP contribution is -1.84. The molecule has 0 aliphatic carbocycles. The highest BCUT2D eigenvalue weighted by Crippen LogP contribution is 2.35. The van der Waals surface area contributed by atoms with Gasteiger partial charge in [-0.3, -0.25) is 0 Å². The van der Waals surface area contributed by atoms with Crippen LogP contribution in [0.2, 0.25) is 5.02 Å². The molecule has 0 unspecified atom stereocenters. The average molecular weight is 229 g/mol. The highest BCUT2D eigenvalue weighted by Gasteiger charge is 2.08. The lowest BCUT2D eigenvalue weighted by atomic mass is 10.1. The monoisotopic (exact) mass is 228 g/mol. The normalized spacial score (nSPS) is 11.0. The van der Waals surface area contributed by atoms with Gasteiger partial charge in [-0.1, -0.05) is 18.5 Å². The molecular formula is C10H9ClS2. The van der Waals surface area contributed by atoms with Crippen molar-refractivity contribution < 1.29 is 0 Å². The molecule has 0 aliphatic heterocycles. The van der Waals surface area contributed by atoms with Crippen molar-refractivity contribution in [1.82, 2.24) is 0 Å². The number of benzene rings is 1. The fourth-order valence-electron chi connectivity index (χ4n) is 1.43. The van der Waals surface area contributed by atoms with Gasteiger partial charge in [-0.25, -0.2) is 0 Å². The van der Waals surface area contributed by atoms with Crippen molar-refractivity contribution in [3.8, 4) is 0 Å². The lowest BCUT2D eigenvalue weighted by molar-refractivity contribution is 1.09. The Kier molecular flexibility index (Phi) is 2.54. The molecule has 68 valence electrons. The fraction of sp³-hybridized carbons (Fsp3) is 0.200. The quantitative estimate of drug-likeness (QED) is 0.687. The van der Waals surface area contributed by atoms with Crippen molar-refractivity contribution >= 4 is 45.7 Å². The molecule has 0 radical (unpaired) electrons. The summed E-state index contributed by atoms with van der Waals surface area (Å²) in [5.74, 6) is 0. The summed E-state index contributed by atoms with van der Waals surface area (Å²) in [6, 6.07) is 4.16. The summed E-state index contributed by atoms with van der Waals surface area (Å²) < 4.78 is 1.18. The first-order valence-electron chi connectivity index (χ1n) is 4.11. The molecule has 1 heterocycles. The van der Waals surface area contributed by atoms with E-state index < -0.39 is 0 Å². The zero-order chi connectivity index (χ0) is 9.42. The molecule has 0 aliphatic rings. The third-order valence-electron chi connectivity index (χ3n) is 2.11. The molecule has 0 nitrogen and oxygen atoms in total. The predicted octanol–water partition coefficient (Wildman–Crippen LogP) is 4.41. The Morgan fingerprint density at radius 3 is 3.00 bits per heavy atom. The second-order valence-electron chi connectivity index (χ2n) is 2.88. The number of fused-ring (bicyclic) bond motifs is 1. The smallest absolute Gasteiger partial charge is 0.0627 e. The minimum Gasteiger partial charge on any atom is -0.143 e. The maximum absolute atomic E-state index is 6.25. The third-order valence-corrected chi connectivity index (χ3v) is 3.99. The van der Waals surface area contributed by atoms with E-state index in [0.717, 1.165) is 21.9 Å². The van der Waals surface area contributed by atoms with Crippen molar-refractivity contribution in [3.63, 3.8) is 0 Å². The van der Waals surface area contributed by atoms with Gasteiger partial charge in [-0.15, -0.1) is 24.0 Å². The molecule has 0 amide bonds. The Morgan fingerprint density at radius 2 is 2.31 bits per heavy atom. The van der Waals surface area contributed by atoms with E-state index in [2.05, 4.69) is 37.1 Å². The van der Waals surface area contributed by atoms with Crippen molar-refractivity contribution in [2.24, 2.45) is 0 Å². The number of thiol groups is 1. The maximum Gasteiger partial charge on any atom is 0.0627 e. The fourth-order valence-corrected chi connectivity index (χ4v) is 3.22. The van der Waals surface area contributed by atoms with Gasteiger partial charge < -0.3 is 0 Å². The Morgan fingerprint density at radius 1 is 1.54 bits per heavy atom. The van der Waals surface area contributed by atoms with Gasteiger partial charge in [0.15, 0.2) is 0 Å². The Hall–Kier alpha value is -0.180. The molecule has 1 aromatic carbocycles. The molecular weight excluding hydrogens is 220 g/mol. The second kappa shape index (κ2) is 3.52. The van der Waals surface area contributed by atoms with E-state index in [1.165, 1.54) is 10.1 Å². The second-order valence-corrected chi connectivity index (χ2v) is 4.66. The van der Waals surface area contributed by atoms with Crippen molar-refractivity contribution in [3.05, 3.63) is 28.1 Å². The molecule has 0 atom stereocenters. The van der Waals surface area contributed by atoms with Crippen LogP contribution in [0.1, 0.15) is 12.5 Å². The summed E-state index contributed by atoms with van der Waals surface area (Å²) in [6.45, 7) is 2.10. The van der Waals surface area contributed by atoms with Crippen molar-refractivity contribution in [2.45, 2.75) is 18.2 Å². The predicted molar refractivity (Wildman–Crippen MR) is 63.5 cm³/mol. The Labute approximate surface area is 91.9 Å². The van der Waals surface area contributed by atoms with Gasteiger partial charge in [0.2, 0.25) is 0 Å². The highest BCUT2D eigenvalue weighted by atomic mass is 35.5. The van der Waals surface area contributed by atoms with Crippen LogP contribution in [0, 0.1) is 0 Å². The minimum atomic E-state index is 0.875. The van der Waals surface area contributed by atoms with E-state index in [-0.39, 0.29) is 0 Å². The van der Waals surface area contributed by atoms with Crippen LogP contribution in [-0.2, 0) is 6.42 Å². The molecule has 2 rings (SSSR count). The molecule has 0 spiro atoms. The first-order valence-corrected chi connectivity index (χ1v) is 5.82. The first-order chi connectivity index (χ1) is 6.24. The molecule has 0 N–H and O–H groups in total. The number of rotatable bonds is 1. The molecule has 13 heavy (non-hydrogen) atoms. The molecule has 3 heteroatoms. The first kappa shape index (κ1) is 9.38. The number of hydrogen-bond acceptors (Lipinski definition) is 2. The zero-order valence-corrected chi connectivity index (χ0v) is 9.64. The van der Waals surface area contributed by atoms with Gasteiger partial charge in [-0.05, 0) is 34.9 Å². The van der Waals surface area contributed by atoms with Crippen LogP contribution < -0.4 is 0 Å². The number of thiophene rings is 1. The zero-order valence-electron chi connectivity index (χ0n) is 7.17. The van der Waals surface area contributed by atoms with E-state index in [9.17, 15) is 0 Å². The SMILES string of the molecule is CCc1c(S)cc2ccsc2c1Cl. The number of hydrogen-bond donors (Lipinski definition) is 1. The van der Waals surface area contributed by atoms with Crippen molar-refractivity contribution in [1.29, 1.82) is 0 Å². The van der Waals surface area contributed by atoms with Crippen LogP contribution in [0.4, 0.5) is 0 Å². The van der Waals surface area contributed by atoms with E-state index in [1.807, 2.05) is 0 Å². The van der Waals surface area contributed by atoms with Crippen LogP contribution in [0.15, 0.2) is 22.4 Å². The van der Waals surface area contributed by atoms with E-state index in [0.29, 0.717) is 0 Å². The highest BCUT2D eigenvalue weighted by molar-refractivity contribution is 7.80. The topological polar surface area (TPSA) is 0 Å². The average Bonchev–Trinajstić information content (AvgIpc) is 2.53. The maximum atomic E-state index is 6.25. The molecule has 1 aromatic heterocycles. The van der Waals surface area contributed by atoms with Gasteiger partial charge in [0, 0.05) is 4.90 Å². The molecule has 0 bridgehead atoms. The van der Waals surface area contributed by atoms with E-state index in [1.54, 1.807) is 11.3 Å². The summed E-state index contributed by atoms with van der Waals surface area (Å²) in [6.07, 6.45) is 0.936.